The van der Waals surface area contributed by atoms with Crippen molar-refractivity contribution in [3.8, 4) is 0 Å². The zero-order valence-corrected chi connectivity index (χ0v) is 12.9. The number of nitrogens with one attached hydrogen (secondary N) is 1. The first-order valence-electron chi connectivity index (χ1n) is 6.34. The Kier molecular flexibility index (Phi) is 4.62. The number of hydrogen-bond donors (Lipinski definition) is 2. The minimum Gasteiger partial charge on any atom is -0.397 e. The van der Waals surface area contributed by atoms with Crippen LogP contribution in [0.3, 0.4) is 0 Å². The molecular weight excluding hydrogens is 344 g/mol. The van der Waals surface area contributed by atoms with E-state index in [-0.39, 0.29) is 10.2 Å². The molecule has 1 amide bonds. The molecule has 0 aliphatic rings. The molecule has 0 saturated heterocycles. The van der Waals surface area contributed by atoms with Crippen molar-refractivity contribution in [3.05, 3.63) is 46.2 Å². The van der Waals surface area contributed by atoms with Crippen LogP contribution in [0.4, 0.5) is 20.2 Å². The molecule has 0 bridgehead atoms. The quantitative estimate of drug-likeness (QED) is 0.874. The molecule has 0 aliphatic heterocycles. The molecule has 0 unspecified atom stereocenters. The van der Waals surface area contributed by atoms with E-state index in [0.29, 0.717) is 12.2 Å². The molecule has 1 heterocycles. The third-order valence-corrected chi connectivity index (χ3v) is 3.32. The number of aryl methyl sites for hydroxylation is 1. The van der Waals surface area contributed by atoms with Crippen LogP contribution in [0.2, 0.25) is 0 Å². The summed E-state index contributed by atoms with van der Waals surface area (Å²) in [7, 11) is 0. The van der Waals surface area contributed by atoms with E-state index in [1.54, 1.807) is 10.8 Å². The number of halogens is 3. The van der Waals surface area contributed by atoms with Crippen molar-refractivity contribution in [2.24, 2.45) is 0 Å². The van der Waals surface area contributed by atoms with E-state index in [1.165, 1.54) is 6.07 Å². The Morgan fingerprint density at radius 3 is 2.52 bits per heavy atom. The molecular formula is C14H14BrF2N3O. The van der Waals surface area contributed by atoms with Gasteiger partial charge in [0.1, 0.15) is 11.4 Å². The van der Waals surface area contributed by atoms with E-state index in [4.69, 9.17) is 5.73 Å². The SMILES string of the molecule is CCCn1cc(N)cc1C(=O)Nc1c(F)cc(Br)cc1F. The van der Waals surface area contributed by atoms with Gasteiger partial charge in [-0.15, -0.1) is 0 Å². The van der Waals surface area contributed by atoms with Gasteiger partial charge in [-0.3, -0.25) is 4.79 Å². The molecule has 21 heavy (non-hydrogen) atoms. The van der Waals surface area contributed by atoms with Gasteiger partial charge in [0.25, 0.3) is 5.91 Å². The molecule has 112 valence electrons. The average molecular weight is 358 g/mol. The lowest BCUT2D eigenvalue weighted by molar-refractivity contribution is 0.101. The molecule has 3 N–H and O–H groups in total. The van der Waals surface area contributed by atoms with Crippen LogP contribution >= 0.6 is 15.9 Å². The number of nitrogens with two attached hydrogens (primary N) is 1. The summed E-state index contributed by atoms with van der Waals surface area (Å²) in [5.41, 5.74) is 5.87. The summed E-state index contributed by atoms with van der Waals surface area (Å²) in [4.78, 5) is 12.2. The maximum absolute atomic E-state index is 13.7. The summed E-state index contributed by atoms with van der Waals surface area (Å²) in [6.45, 7) is 2.54. The molecule has 0 saturated carbocycles. The number of carbonyl (C=O) groups excluding carboxylic acids is 1. The van der Waals surface area contributed by atoms with E-state index in [0.717, 1.165) is 18.6 Å². The van der Waals surface area contributed by atoms with Gasteiger partial charge < -0.3 is 15.6 Å². The van der Waals surface area contributed by atoms with Crippen LogP contribution in [0.5, 0.6) is 0 Å². The molecule has 0 aliphatic carbocycles. The molecule has 1 aromatic carbocycles. The van der Waals surface area contributed by atoms with Gasteiger partial charge >= 0.3 is 0 Å². The fraction of sp³-hybridized carbons (Fsp3) is 0.214. The lowest BCUT2D eigenvalue weighted by Gasteiger charge is -2.10. The first-order valence-corrected chi connectivity index (χ1v) is 7.13. The number of rotatable bonds is 4. The number of nitrogens with zero attached hydrogens (tertiary/aromatic N) is 1. The first-order chi connectivity index (χ1) is 9.92. The highest BCUT2D eigenvalue weighted by atomic mass is 79.9. The van der Waals surface area contributed by atoms with E-state index in [9.17, 15) is 13.6 Å². The van der Waals surface area contributed by atoms with Gasteiger partial charge in [-0.2, -0.15) is 0 Å². The number of carbonyl (C=O) groups is 1. The highest BCUT2D eigenvalue weighted by molar-refractivity contribution is 9.10. The predicted octanol–water partition coefficient (Wildman–Crippen LogP) is 3.77. The van der Waals surface area contributed by atoms with Gasteiger partial charge in [0.2, 0.25) is 0 Å². The number of aromatic nitrogens is 1. The average Bonchev–Trinajstić information content (AvgIpc) is 2.75. The molecule has 0 fully saturated rings. The summed E-state index contributed by atoms with van der Waals surface area (Å²) in [5.74, 6) is -2.31. The van der Waals surface area contributed by atoms with Crippen LogP contribution in [0.25, 0.3) is 0 Å². The Morgan fingerprint density at radius 2 is 1.95 bits per heavy atom. The molecule has 0 radical (unpaired) electrons. The summed E-state index contributed by atoms with van der Waals surface area (Å²) < 4.78 is 29.4. The van der Waals surface area contributed by atoms with Crippen molar-refractivity contribution in [2.45, 2.75) is 19.9 Å². The zero-order chi connectivity index (χ0) is 15.6. The number of benzene rings is 1. The molecule has 1 aromatic heterocycles. The van der Waals surface area contributed by atoms with Crippen LogP contribution in [0.15, 0.2) is 28.9 Å². The predicted molar refractivity (Wildman–Crippen MR) is 81.1 cm³/mol. The Morgan fingerprint density at radius 1 is 1.33 bits per heavy atom. The number of hydrogen-bond acceptors (Lipinski definition) is 2. The fourth-order valence-corrected chi connectivity index (χ4v) is 2.39. The maximum atomic E-state index is 13.7. The second-order valence-electron chi connectivity index (χ2n) is 4.55. The smallest absolute Gasteiger partial charge is 0.272 e. The van der Waals surface area contributed by atoms with Crippen LogP contribution in [0.1, 0.15) is 23.8 Å². The third-order valence-electron chi connectivity index (χ3n) is 2.86. The Balaban J connectivity index is 2.30. The largest absolute Gasteiger partial charge is 0.397 e. The summed E-state index contributed by atoms with van der Waals surface area (Å²) in [6.07, 6.45) is 2.42. The van der Waals surface area contributed by atoms with Crippen molar-refractivity contribution in [1.82, 2.24) is 4.57 Å². The summed E-state index contributed by atoms with van der Waals surface area (Å²) in [6, 6.07) is 3.63. The zero-order valence-electron chi connectivity index (χ0n) is 11.3. The Hall–Kier alpha value is -1.89. The molecule has 0 atom stereocenters. The topological polar surface area (TPSA) is 60.0 Å². The van der Waals surface area contributed by atoms with Crippen molar-refractivity contribution in [1.29, 1.82) is 0 Å². The van der Waals surface area contributed by atoms with E-state index >= 15 is 0 Å². The van der Waals surface area contributed by atoms with Crippen molar-refractivity contribution in [3.63, 3.8) is 0 Å². The Labute approximate surface area is 129 Å². The Bertz CT molecular complexity index is 662. The lowest BCUT2D eigenvalue weighted by Crippen LogP contribution is -2.18. The van der Waals surface area contributed by atoms with Gasteiger partial charge in [-0.05, 0) is 24.6 Å². The van der Waals surface area contributed by atoms with Crippen molar-refractivity contribution < 1.29 is 13.6 Å². The van der Waals surface area contributed by atoms with Gasteiger partial charge in [0.15, 0.2) is 11.6 Å². The van der Waals surface area contributed by atoms with Crippen LogP contribution in [-0.4, -0.2) is 10.5 Å². The second-order valence-corrected chi connectivity index (χ2v) is 5.47. The highest BCUT2D eigenvalue weighted by Gasteiger charge is 2.17. The van der Waals surface area contributed by atoms with E-state index in [1.807, 2.05) is 6.92 Å². The van der Waals surface area contributed by atoms with Gasteiger partial charge in [-0.1, -0.05) is 22.9 Å². The monoisotopic (exact) mass is 357 g/mol. The molecule has 0 spiro atoms. The number of nitrogen functional groups attached to an aromatic ring is 1. The fourth-order valence-electron chi connectivity index (χ4n) is 1.99. The normalized spacial score (nSPS) is 10.7. The lowest BCUT2D eigenvalue weighted by atomic mass is 10.2. The summed E-state index contributed by atoms with van der Waals surface area (Å²) >= 11 is 2.98. The van der Waals surface area contributed by atoms with Gasteiger partial charge in [-0.25, -0.2) is 8.78 Å². The maximum Gasteiger partial charge on any atom is 0.272 e. The standard InChI is InChI=1S/C14H14BrF2N3O/c1-2-3-20-7-9(18)6-12(20)14(21)19-13-10(16)4-8(15)5-11(13)17/h4-7H,2-3,18H2,1H3,(H,19,21). The number of anilines is 2. The molecule has 2 rings (SSSR count). The van der Waals surface area contributed by atoms with Gasteiger partial charge in [0, 0.05) is 17.2 Å². The number of amides is 1. The van der Waals surface area contributed by atoms with Crippen LogP contribution in [-0.2, 0) is 6.54 Å². The minimum absolute atomic E-state index is 0.258. The van der Waals surface area contributed by atoms with Crippen LogP contribution in [0, 0.1) is 11.6 Å². The van der Waals surface area contributed by atoms with Crippen molar-refractivity contribution in [2.75, 3.05) is 11.1 Å². The van der Waals surface area contributed by atoms with E-state index in [2.05, 4.69) is 21.2 Å². The van der Waals surface area contributed by atoms with E-state index < -0.39 is 23.2 Å². The first kappa shape index (κ1) is 15.5. The molecule has 7 heteroatoms. The third kappa shape index (κ3) is 3.41. The summed E-state index contributed by atoms with van der Waals surface area (Å²) in [5, 5.41) is 2.25. The second kappa shape index (κ2) is 6.26. The molecule has 2 aromatic rings. The minimum atomic E-state index is -0.850. The van der Waals surface area contributed by atoms with Gasteiger partial charge in [0.05, 0.1) is 5.69 Å². The van der Waals surface area contributed by atoms with Crippen molar-refractivity contribution >= 4 is 33.2 Å². The van der Waals surface area contributed by atoms with Crippen LogP contribution < -0.4 is 11.1 Å². The molecule has 4 nitrogen and oxygen atoms in total. The highest BCUT2D eigenvalue weighted by Crippen LogP contribution is 2.24.